The van der Waals surface area contributed by atoms with Crippen LogP contribution in [0.3, 0.4) is 0 Å². The van der Waals surface area contributed by atoms with Crippen molar-refractivity contribution in [2.45, 2.75) is 38.8 Å². The minimum absolute atomic E-state index is 0.481. The number of imidazole rings is 2. The number of aromatic nitrogens is 4. The Morgan fingerprint density at radius 3 is 2.94 bits per heavy atom. The number of aromatic amines is 1. The lowest BCUT2D eigenvalue weighted by Gasteiger charge is -2.18. The minimum atomic E-state index is 0.481. The molecule has 2 heterocycles. The summed E-state index contributed by atoms with van der Waals surface area (Å²) in [4.78, 5) is 7.19. The van der Waals surface area contributed by atoms with Gasteiger partial charge in [-0.05, 0) is 13.3 Å². The molecule has 2 aromatic rings. The van der Waals surface area contributed by atoms with Crippen LogP contribution in [0.25, 0.3) is 0 Å². The summed E-state index contributed by atoms with van der Waals surface area (Å²) >= 11 is 0. The maximum atomic E-state index is 4.09. The van der Waals surface area contributed by atoms with Crippen molar-refractivity contribution in [3.63, 3.8) is 0 Å². The average Bonchev–Trinajstić information content (AvgIpc) is 2.96. The van der Waals surface area contributed by atoms with E-state index in [4.69, 9.17) is 0 Å². The first kappa shape index (κ1) is 10.9. The predicted octanol–water partition coefficient (Wildman–Crippen LogP) is 2.10. The lowest BCUT2D eigenvalue weighted by molar-refractivity contribution is -0.723. The minimum Gasteiger partial charge on any atom is -0.335 e. The zero-order valence-corrected chi connectivity index (χ0v) is 9.87. The highest BCUT2D eigenvalue weighted by Crippen LogP contribution is 2.19. The molecule has 0 aliphatic heterocycles. The largest absolute Gasteiger partial charge is 0.335 e. The number of H-pyrrole nitrogens is 1. The normalized spacial score (nSPS) is 14.9. The van der Waals surface area contributed by atoms with Crippen LogP contribution in [0.4, 0.5) is 0 Å². The molecule has 2 atom stereocenters. The molecule has 0 fully saturated rings. The lowest BCUT2D eigenvalue weighted by atomic mass is 10.1. The number of hydrogen-bond donors (Lipinski definition) is 1. The van der Waals surface area contributed by atoms with Crippen LogP contribution in [0.5, 0.6) is 0 Å². The molecule has 0 spiro atoms. The molecule has 0 saturated carbocycles. The maximum absolute atomic E-state index is 4.09. The first-order chi connectivity index (χ1) is 7.81. The van der Waals surface area contributed by atoms with Crippen molar-refractivity contribution in [2.24, 2.45) is 0 Å². The summed E-state index contributed by atoms with van der Waals surface area (Å²) in [7, 11) is 0. The molecule has 2 rings (SSSR count). The van der Waals surface area contributed by atoms with Crippen LogP contribution in [-0.2, 0) is 0 Å². The third-order valence-corrected chi connectivity index (χ3v) is 3.11. The zero-order chi connectivity index (χ0) is 11.4. The van der Waals surface area contributed by atoms with Gasteiger partial charge in [-0.3, -0.25) is 4.98 Å². The summed E-state index contributed by atoms with van der Waals surface area (Å²) in [6, 6.07) is 1.03. The third kappa shape index (κ3) is 2.32. The number of nitrogens with zero attached hydrogens (tertiary/aromatic N) is 3. The second kappa shape index (κ2) is 4.96. The van der Waals surface area contributed by atoms with Gasteiger partial charge in [0, 0.05) is 24.9 Å². The van der Waals surface area contributed by atoms with Gasteiger partial charge in [-0.2, -0.15) is 0 Å². The Bertz CT molecular complexity index is 391. The molecule has 2 aromatic heterocycles. The summed E-state index contributed by atoms with van der Waals surface area (Å²) in [6.45, 7) is 4.46. The highest BCUT2D eigenvalue weighted by Gasteiger charge is 2.17. The van der Waals surface area contributed by atoms with Gasteiger partial charge in [0.2, 0.25) is 6.33 Å². The Morgan fingerprint density at radius 2 is 2.38 bits per heavy atom. The molecule has 0 aliphatic rings. The van der Waals surface area contributed by atoms with Crippen LogP contribution in [0.2, 0.25) is 0 Å². The topological polar surface area (TPSA) is 37.5 Å². The maximum Gasteiger partial charge on any atom is 0.241 e. The third-order valence-electron chi connectivity index (χ3n) is 3.11. The van der Waals surface area contributed by atoms with Gasteiger partial charge in [-0.25, -0.2) is 9.55 Å². The summed E-state index contributed by atoms with van der Waals surface area (Å²) in [5.41, 5.74) is 0. The molecule has 86 valence electrons. The summed E-state index contributed by atoms with van der Waals surface area (Å²) in [5, 5.41) is 0. The van der Waals surface area contributed by atoms with Crippen LogP contribution in [0, 0.1) is 0 Å². The Balaban J connectivity index is 2.02. The monoisotopic (exact) mass is 219 g/mol. The number of hydrogen-bond acceptors (Lipinski definition) is 1. The van der Waals surface area contributed by atoms with E-state index in [1.807, 2.05) is 31.2 Å². The van der Waals surface area contributed by atoms with Gasteiger partial charge in [0.25, 0.3) is 0 Å². The summed E-state index contributed by atoms with van der Waals surface area (Å²) < 4.78 is 4.41. The molecular formula is C12H19N4+. The van der Waals surface area contributed by atoms with Crippen molar-refractivity contribution < 1.29 is 4.57 Å². The van der Waals surface area contributed by atoms with Crippen molar-refractivity contribution in [3.05, 3.63) is 37.4 Å². The van der Waals surface area contributed by atoms with Crippen molar-refractivity contribution in [1.82, 2.24) is 14.5 Å². The first-order valence-corrected chi connectivity index (χ1v) is 5.82. The van der Waals surface area contributed by atoms with Crippen molar-refractivity contribution in [1.29, 1.82) is 0 Å². The SMILES string of the molecule is CCC(CC(C)n1ccnc1)[n+]1cc[nH]c1. The van der Waals surface area contributed by atoms with Crippen molar-refractivity contribution in [3.8, 4) is 0 Å². The molecule has 0 saturated heterocycles. The molecule has 0 aromatic carbocycles. The fourth-order valence-electron chi connectivity index (χ4n) is 2.07. The van der Waals surface area contributed by atoms with E-state index < -0.39 is 0 Å². The molecule has 16 heavy (non-hydrogen) atoms. The van der Waals surface area contributed by atoms with E-state index >= 15 is 0 Å². The second-order valence-corrected chi connectivity index (χ2v) is 4.22. The Kier molecular flexibility index (Phi) is 3.39. The van der Waals surface area contributed by atoms with Gasteiger partial charge in [0.15, 0.2) is 0 Å². The second-order valence-electron chi connectivity index (χ2n) is 4.22. The molecule has 0 radical (unpaired) electrons. The van der Waals surface area contributed by atoms with E-state index in [9.17, 15) is 0 Å². The van der Waals surface area contributed by atoms with Crippen LogP contribution >= 0.6 is 0 Å². The Hall–Kier alpha value is -1.58. The van der Waals surface area contributed by atoms with Gasteiger partial charge in [-0.1, -0.05) is 6.92 Å². The zero-order valence-electron chi connectivity index (χ0n) is 9.87. The van der Waals surface area contributed by atoms with Gasteiger partial charge >= 0.3 is 0 Å². The highest BCUT2D eigenvalue weighted by atomic mass is 15.1. The van der Waals surface area contributed by atoms with Gasteiger partial charge < -0.3 is 4.57 Å². The molecule has 0 aliphatic carbocycles. The molecule has 4 nitrogen and oxygen atoms in total. The predicted molar refractivity (Wildman–Crippen MR) is 61.9 cm³/mol. The van der Waals surface area contributed by atoms with E-state index in [2.05, 4.69) is 39.1 Å². The number of nitrogens with one attached hydrogen (secondary N) is 1. The summed E-state index contributed by atoms with van der Waals surface area (Å²) in [5.74, 6) is 0. The lowest BCUT2D eigenvalue weighted by Crippen LogP contribution is -2.37. The molecule has 1 N–H and O–H groups in total. The van der Waals surface area contributed by atoms with Gasteiger partial charge in [0.05, 0.1) is 6.33 Å². The van der Waals surface area contributed by atoms with Crippen LogP contribution in [-0.4, -0.2) is 14.5 Å². The van der Waals surface area contributed by atoms with Crippen LogP contribution in [0.15, 0.2) is 37.4 Å². The van der Waals surface area contributed by atoms with E-state index in [1.54, 1.807) is 0 Å². The summed E-state index contributed by atoms with van der Waals surface area (Å²) in [6.07, 6.45) is 14.1. The molecular weight excluding hydrogens is 200 g/mol. The molecule has 2 unspecified atom stereocenters. The quantitative estimate of drug-likeness (QED) is 0.768. The van der Waals surface area contributed by atoms with E-state index in [1.165, 1.54) is 0 Å². The van der Waals surface area contributed by atoms with E-state index in [-0.39, 0.29) is 0 Å². The fraction of sp³-hybridized carbons (Fsp3) is 0.500. The Labute approximate surface area is 96.0 Å². The van der Waals surface area contributed by atoms with Crippen molar-refractivity contribution in [2.75, 3.05) is 0 Å². The Morgan fingerprint density at radius 1 is 1.50 bits per heavy atom. The fourth-order valence-corrected chi connectivity index (χ4v) is 2.07. The van der Waals surface area contributed by atoms with Crippen LogP contribution < -0.4 is 4.57 Å². The van der Waals surface area contributed by atoms with Gasteiger partial charge in [-0.15, -0.1) is 0 Å². The number of rotatable bonds is 5. The van der Waals surface area contributed by atoms with E-state index in [0.29, 0.717) is 12.1 Å². The first-order valence-electron chi connectivity index (χ1n) is 5.82. The molecule has 4 heteroatoms. The molecule has 0 amide bonds. The van der Waals surface area contributed by atoms with Gasteiger partial charge in [0.1, 0.15) is 18.4 Å². The average molecular weight is 219 g/mol. The smallest absolute Gasteiger partial charge is 0.241 e. The standard InChI is InChI=1S/C12H18N4/c1-3-12(16-7-5-14-10-16)8-11(2)15-6-4-13-9-15/h4-7,9-12H,3,8H2,1-2H3/p+1. The molecule has 0 bridgehead atoms. The van der Waals surface area contributed by atoms with Crippen LogP contribution in [0.1, 0.15) is 38.8 Å². The van der Waals surface area contributed by atoms with E-state index in [0.717, 1.165) is 12.8 Å². The van der Waals surface area contributed by atoms with Crippen molar-refractivity contribution >= 4 is 0 Å². The highest BCUT2D eigenvalue weighted by molar-refractivity contribution is 4.79.